The van der Waals surface area contributed by atoms with Crippen LogP contribution < -0.4 is 0 Å². The van der Waals surface area contributed by atoms with E-state index >= 15 is 0 Å². The van der Waals surface area contributed by atoms with Crippen molar-refractivity contribution in [1.82, 2.24) is 5.01 Å². The molecule has 0 saturated heterocycles. The molecule has 1 aromatic rings. The van der Waals surface area contributed by atoms with Crippen LogP contribution in [0.2, 0.25) is 0 Å². The van der Waals surface area contributed by atoms with Crippen LogP contribution in [0.3, 0.4) is 0 Å². The molecule has 0 fully saturated rings. The van der Waals surface area contributed by atoms with Crippen molar-refractivity contribution in [2.45, 2.75) is 6.54 Å². The summed E-state index contributed by atoms with van der Waals surface area (Å²) in [6, 6.07) is 9.22. The van der Waals surface area contributed by atoms with Crippen LogP contribution in [0.15, 0.2) is 35.6 Å². The maximum atomic E-state index is 11.1. The Kier molecular flexibility index (Phi) is 4.25. The maximum absolute atomic E-state index is 11.1. The van der Waals surface area contributed by atoms with Crippen molar-refractivity contribution in [2.75, 3.05) is 5.33 Å². The van der Waals surface area contributed by atoms with Crippen LogP contribution in [0.1, 0.15) is 5.56 Å². The third-order valence-corrected chi connectivity index (χ3v) is 2.16. The first-order chi connectivity index (χ1) is 6.77. The van der Waals surface area contributed by atoms with Gasteiger partial charge in [-0.15, -0.1) is 4.91 Å². The zero-order valence-electron chi connectivity index (χ0n) is 7.39. The van der Waals surface area contributed by atoms with Crippen LogP contribution in [0.5, 0.6) is 0 Å². The van der Waals surface area contributed by atoms with Crippen molar-refractivity contribution in [1.29, 1.82) is 0 Å². The summed E-state index contributed by atoms with van der Waals surface area (Å²) < 4.78 is 0. The zero-order chi connectivity index (χ0) is 10.4. The third-order valence-electron chi connectivity index (χ3n) is 1.68. The van der Waals surface area contributed by atoms with Crippen LogP contribution >= 0.6 is 15.9 Å². The molecule has 1 amide bonds. The number of hydrogen-bond donors (Lipinski definition) is 0. The summed E-state index contributed by atoms with van der Waals surface area (Å²) in [7, 11) is 0. The highest BCUT2D eigenvalue weighted by Crippen LogP contribution is 2.05. The van der Waals surface area contributed by atoms with E-state index in [0.29, 0.717) is 0 Å². The van der Waals surface area contributed by atoms with E-state index < -0.39 is 0 Å². The molecule has 0 aliphatic rings. The molecule has 1 aromatic carbocycles. The second kappa shape index (κ2) is 5.49. The van der Waals surface area contributed by atoms with Gasteiger partial charge < -0.3 is 0 Å². The minimum Gasteiger partial charge on any atom is -0.272 e. The fraction of sp³-hybridized carbons (Fsp3) is 0.222. The lowest BCUT2D eigenvalue weighted by Gasteiger charge is -2.11. The lowest BCUT2D eigenvalue weighted by Crippen LogP contribution is -2.25. The van der Waals surface area contributed by atoms with Crippen LogP contribution in [0, 0.1) is 4.91 Å². The molecule has 0 N–H and O–H groups in total. The lowest BCUT2D eigenvalue weighted by atomic mass is 10.2. The molecule has 4 nitrogen and oxygen atoms in total. The Morgan fingerprint density at radius 2 is 2.00 bits per heavy atom. The van der Waals surface area contributed by atoms with E-state index in [4.69, 9.17) is 0 Å². The minimum atomic E-state index is -0.344. The van der Waals surface area contributed by atoms with Gasteiger partial charge in [0.1, 0.15) is 0 Å². The van der Waals surface area contributed by atoms with Crippen LogP contribution in [-0.4, -0.2) is 16.2 Å². The Balaban J connectivity index is 2.66. The SMILES string of the molecule is O=NN(Cc1ccccc1)C(=O)CBr. The second-order valence-corrected chi connectivity index (χ2v) is 3.21. The van der Waals surface area contributed by atoms with Gasteiger partial charge in [-0.05, 0) is 5.56 Å². The number of rotatable bonds is 4. The van der Waals surface area contributed by atoms with E-state index in [9.17, 15) is 9.70 Å². The van der Waals surface area contributed by atoms with Gasteiger partial charge in [-0.25, -0.2) is 0 Å². The Labute approximate surface area is 90.0 Å². The molecule has 14 heavy (non-hydrogen) atoms. The molecular weight excluding hydrogens is 248 g/mol. The number of nitroso groups, excluding NO2 is 1. The first-order valence-electron chi connectivity index (χ1n) is 4.01. The number of hydrogen-bond acceptors (Lipinski definition) is 3. The zero-order valence-corrected chi connectivity index (χ0v) is 8.98. The molecule has 0 heterocycles. The van der Waals surface area contributed by atoms with Crippen molar-refractivity contribution in [3.05, 3.63) is 40.8 Å². The summed E-state index contributed by atoms with van der Waals surface area (Å²) in [4.78, 5) is 21.5. The Morgan fingerprint density at radius 1 is 1.36 bits per heavy atom. The van der Waals surface area contributed by atoms with Crippen LogP contribution in [-0.2, 0) is 11.3 Å². The topological polar surface area (TPSA) is 49.7 Å². The highest BCUT2D eigenvalue weighted by Gasteiger charge is 2.12. The van der Waals surface area contributed by atoms with E-state index in [2.05, 4.69) is 21.2 Å². The van der Waals surface area contributed by atoms with Gasteiger partial charge in [-0.2, -0.15) is 5.01 Å². The highest BCUT2D eigenvalue weighted by molar-refractivity contribution is 9.09. The van der Waals surface area contributed by atoms with Crippen LogP contribution in [0.25, 0.3) is 0 Å². The summed E-state index contributed by atoms with van der Waals surface area (Å²) in [6.45, 7) is 0.217. The first-order valence-corrected chi connectivity index (χ1v) is 5.13. The summed E-state index contributed by atoms with van der Waals surface area (Å²) in [6.07, 6.45) is 0. The first kappa shape index (κ1) is 10.8. The molecule has 1 rings (SSSR count). The molecule has 74 valence electrons. The number of alkyl halides is 1. The highest BCUT2D eigenvalue weighted by atomic mass is 79.9. The van der Waals surface area contributed by atoms with E-state index in [0.717, 1.165) is 10.6 Å². The average molecular weight is 257 g/mol. The maximum Gasteiger partial charge on any atom is 0.256 e. The predicted molar refractivity (Wildman–Crippen MR) is 56.6 cm³/mol. The van der Waals surface area contributed by atoms with E-state index in [-0.39, 0.29) is 17.8 Å². The molecule has 0 bridgehead atoms. The van der Waals surface area contributed by atoms with Gasteiger partial charge in [0, 0.05) is 0 Å². The smallest absolute Gasteiger partial charge is 0.256 e. The standard InChI is InChI=1S/C9H9BrN2O2/c10-6-9(13)12(11-14)7-8-4-2-1-3-5-8/h1-5H,6-7H2. The molecule has 0 aromatic heterocycles. The Bertz CT molecular complexity index is 316. The number of benzene rings is 1. The summed E-state index contributed by atoms with van der Waals surface area (Å²) in [5.74, 6) is -0.344. The van der Waals surface area contributed by atoms with Crippen molar-refractivity contribution in [3.8, 4) is 0 Å². The number of halogens is 1. The van der Waals surface area contributed by atoms with E-state index in [1.807, 2.05) is 30.3 Å². The number of nitrogens with zero attached hydrogens (tertiary/aromatic N) is 2. The van der Waals surface area contributed by atoms with Crippen molar-refractivity contribution in [2.24, 2.45) is 5.29 Å². The van der Waals surface area contributed by atoms with Crippen molar-refractivity contribution in [3.63, 3.8) is 0 Å². The molecule has 0 aliphatic heterocycles. The normalized spacial score (nSPS) is 9.50. The Hall–Kier alpha value is -1.23. The van der Waals surface area contributed by atoms with Gasteiger partial charge in [0.25, 0.3) is 5.91 Å². The predicted octanol–water partition coefficient (Wildman–Crippen LogP) is 2.09. The van der Waals surface area contributed by atoms with Crippen LogP contribution in [0.4, 0.5) is 0 Å². The summed E-state index contributed by atoms with van der Waals surface area (Å²) in [5.41, 5.74) is 0.876. The largest absolute Gasteiger partial charge is 0.272 e. The van der Waals surface area contributed by atoms with E-state index in [1.54, 1.807) is 0 Å². The van der Waals surface area contributed by atoms with Gasteiger partial charge in [-0.1, -0.05) is 46.3 Å². The van der Waals surface area contributed by atoms with Gasteiger partial charge in [0.05, 0.1) is 17.2 Å². The van der Waals surface area contributed by atoms with E-state index in [1.165, 1.54) is 0 Å². The monoisotopic (exact) mass is 256 g/mol. The third kappa shape index (κ3) is 2.92. The van der Waals surface area contributed by atoms with Gasteiger partial charge in [0.2, 0.25) is 0 Å². The Morgan fingerprint density at radius 3 is 2.50 bits per heavy atom. The number of carbonyl (C=O) groups excluding carboxylic acids is 1. The molecule has 0 radical (unpaired) electrons. The molecule has 0 spiro atoms. The van der Waals surface area contributed by atoms with Gasteiger partial charge in [-0.3, -0.25) is 4.79 Å². The molecule has 5 heteroatoms. The van der Waals surface area contributed by atoms with Gasteiger partial charge in [0.15, 0.2) is 0 Å². The quantitative estimate of drug-likeness (QED) is 0.471. The number of amides is 1. The van der Waals surface area contributed by atoms with Crippen molar-refractivity contribution < 1.29 is 4.79 Å². The lowest BCUT2D eigenvalue weighted by molar-refractivity contribution is -0.129. The molecule has 0 unspecified atom stereocenters. The molecule has 0 atom stereocenters. The summed E-state index contributed by atoms with van der Waals surface area (Å²) >= 11 is 2.98. The second-order valence-electron chi connectivity index (χ2n) is 2.65. The molecule has 0 saturated carbocycles. The fourth-order valence-corrected chi connectivity index (χ4v) is 1.28. The van der Waals surface area contributed by atoms with Gasteiger partial charge >= 0.3 is 0 Å². The number of carbonyl (C=O) groups is 1. The minimum absolute atomic E-state index is 0.103. The van der Waals surface area contributed by atoms with Crippen molar-refractivity contribution >= 4 is 21.8 Å². The molecular formula is C9H9BrN2O2. The summed E-state index contributed by atoms with van der Waals surface area (Å²) in [5, 5.41) is 3.65. The average Bonchev–Trinajstić information content (AvgIpc) is 2.26. The fourth-order valence-electron chi connectivity index (χ4n) is 0.988. The molecule has 0 aliphatic carbocycles.